The van der Waals surface area contributed by atoms with Crippen molar-refractivity contribution in [1.82, 2.24) is 0 Å². The SMILES string of the molecule is CC(C(=O)Nc1cc(Cc2ccc(CCCC(=O)O)cc2)ccc1O)c1ccc(CN)cc1. The van der Waals surface area contributed by atoms with Crippen molar-refractivity contribution in [2.24, 2.45) is 5.73 Å². The van der Waals surface area contributed by atoms with Crippen molar-refractivity contribution in [2.75, 3.05) is 5.32 Å². The molecule has 0 radical (unpaired) electrons. The number of phenols is 1. The van der Waals surface area contributed by atoms with Gasteiger partial charge >= 0.3 is 5.97 Å². The Morgan fingerprint density at radius 3 is 2.15 bits per heavy atom. The number of hydrogen-bond donors (Lipinski definition) is 4. The highest BCUT2D eigenvalue weighted by Gasteiger charge is 2.17. The maximum Gasteiger partial charge on any atom is 0.303 e. The average molecular weight is 447 g/mol. The second kappa shape index (κ2) is 11.3. The van der Waals surface area contributed by atoms with Gasteiger partial charge in [-0.15, -0.1) is 0 Å². The van der Waals surface area contributed by atoms with Gasteiger partial charge in [0.1, 0.15) is 5.75 Å². The lowest BCUT2D eigenvalue weighted by Crippen LogP contribution is -2.19. The number of nitrogens with two attached hydrogens (primary N) is 1. The van der Waals surface area contributed by atoms with Crippen LogP contribution >= 0.6 is 0 Å². The molecule has 6 heteroatoms. The number of aliphatic carboxylic acids is 1. The summed E-state index contributed by atoms with van der Waals surface area (Å²) in [5, 5.41) is 21.9. The number of nitrogens with one attached hydrogen (secondary N) is 1. The van der Waals surface area contributed by atoms with Gasteiger partial charge in [-0.25, -0.2) is 0 Å². The van der Waals surface area contributed by atoms with E-state index in [-0.39, 0.29) is 24.0 Å². The van der Waals surface area contributed by atoms with Crippen LogP contribution in [0.3, 0.4) is 0 Å². The average Bonchev–Trinajstić information content (AvgIpc) is 2.81. The van der Waals surface area contributed by atoms with Gasteiger partial charge in [-0.3, -0.25) is 9.59 Å². The summed E-state index contributed by atoms with van der Waals surface area (Å²) < 4.78 is 0. The minimum absolute atomic E-state index is 0.0200. The molecular formula is C27H30N2O4. The molecule has 172 valence electrons. The first-order chi connectivity index (χ1) is 15.9. The Bertz CT molecular complexity index is 1090. The zero-order chi connectivity index (χ0) is 23.8. The maximum atomic E-state index is 12.8. The van der Waals surface area contributed by atoms with Crippen LogP contribution in [0.15, 0.2) is 66.7 Å². The maximum absolute atomic E-state index is 12.8. The number of carbonyl (C=O) groups excluding carboxylic acids is 1. The Labute approximate surface area is 194 Å². The molecule has 0 saturated heterocycles. The number of carboxylic acid groups (broad SMARTS) is 1. The number of phenolic OH excluding ortho intramolecular Hbond substituents is 1. The minimum atomic E-state index is -0.777. The van der Waals surface area contributed by atoms with Crippen molar-refractivity contribution >= 4 is 17.6 Å². The lowest BCUT2D eigenvalue weighted by molar-refractivity contribution is -0.137. The molecule has 6 nitrogen and oxygen atoms in total. The van der Waals surface area contributed by atoms with Gasteiger partial charge in [0.05, 0.1) is 11.6 Å². The summed E-state index contributed by atoms with van der Waals surface area (Å²) in [5.41, 5.74) is 11.1. The molecule has 1 amide bonds. The van der Waals surface area contributed by atoms with Gasteiger partial charge in [0.25, 0.3) is 0 Å². The summed E-state index contributed by atoms with van der Waals surface area (Å²) in [5.74, 6) is -1.34. The smallest absolute Gasteiger partial charge is 0.303 e. The van der Waals surface area contributed by atoms with Crippen LogP contribution in [0.4, 0.5) is 5.69 Å². The van der Waals surface area contributed by atoms with Crippen molar-refractivity contribution in [3.8, 4) is 5.75 Å². The van der Waals surface area contributed by atoms with E-state index in [1.807, 2.05) is 61.5 Å². The Kier molecular flexibility index (Phi) is 8.22. The van der Waals surface area contributed by atoms with Crippen LogP contribution in [0.1, 0.15) is 53.5 Å². The fourth-order valence-corrected chi connectivity index (χ4v) is 3.63. The molecule has 1 unspecified atom stereocenters. The van der Waals surface area contributed by atoms with Crippen LogP contribution in [0.2, 0.25) is 0 Å². The van der Waals surface area contributed by atoms with Crippen LogP contribution in [0, 0.1) is 0 Å². The number of carbonyl (C=O) groups is 2. The number of rotatable bonds is 10. The highest BCUT2D eigenvalue weighted by Crippen LogP contribution is 2.27. The molecule has 0 aliphatic carbocycles. The van der Waals surface area contributed by atoms with Crippen LogP contribution in [-0.2, 0) is 29.0 Å². The standard InChI is InChI=1S/C27H30N2O4/c1-18(23-12-9-21(17-28)10-13-23)27(33)29-24-16-22(11-14-25(24)30)15-20-7-5-19(6-8-20)3-2-4-26(31)32/h5-14,16,18,30H,2-4,15,17,28H2,1H3,(H,29,33)(H,31,32). The Morgan fingerprint density at radius 1 is 0.909 bits per heavy atom. The summed E-state index contributed by atoms with van der Waals surface area (Å²) in [6.45, 7) is 2.28. The summed E-state index contributed by atoms with van der Waals surface area (Å²) >= 11 is 0. The Hall–Kier alpha value is -3.64. The Morgan fingerprint density at radius 2 is 1.52 bits per heavy atom. The van der Waals surface area contributed by atoms with Gasteiger partial charge in [-0.05, 0) is 66.1 Å². The molecule has 0 aromatic heterocycles. The van der Waals surface area contributed by atoms with Gasteiger partial charge in [-0.1, -0.05) is 54.6 Å². The van der Waals surface area contributed by atoms with Crippen molar-refractivity contribution in [3.05, 3.63) is 94.5 Å². The summed E-state index contributed by atoms with van der Waals surface area (Å²) in [7, 11) is 0. The second-order valence-corrected chi connectivity index (χ2v) is 8.25. The fourth-order valence-electron chi connectivity index (χ4n) is 3.63. The van der Waals surface area contributed by atoms with Gasteiger partial charge in [0.15, 0.2) is 0 Å². The van der Waals surface area contributed by atoms with E-state index in [1.165, 1.54) is 0 Å². The molecule has 0 heterocycles. The number of carboxylic acids is 1. The molecule has 0 aliphatic rings. The van der Waals surface area contributed by atoms with Gasteiger partial charge < -0.3 is 21.3 Å². The Balaban J connectivity index is 1.64. The van der Waals surface area contributed by atoms with E-state index < -0.39 is 5.97 Å². The van der Waals surface area contributed by atoms with Crippen LogP contribution < -0.4 is 11.1 Å². The predicted molar refractivity (Wildman–Crippen MR) is 129 cm³/mol. The molecule has 0 aliphatic heterocycles. The zero-order valence-electron chi connectivity index (χ0n) is 18.8. The lowest BCUT2D eigenvalue weighted by Gasteiger charge is -2.15. The predicted octanol–water partition coefficient (Wildman–Crippen LogP) is 4.59. The molecule has 0 spiro atoms. The summed E-state index contributed by atoms with van der Waals surface area (Å²) in [6, 6.07) is 20.9. The first-order valence-electron chi connectivity index (χ1n) is 11.1. The zero-order valence-corrected chi connectivity index (χ0v) is 18.8. The minimum Gasteiger partial charge on any atom is -0.506 e. The van der Waals surface area contributed by atoms with Gasteiger partial charge in [-0.2, -0.15) is 0 Å². The monoisotopic (exact) mass is 446 g/mol. The lowest BCUT2D eigenvalue weighted by atomic mass is 9.98. The fraction of sp³-hybridized carbons (Fsp3) is 0.259. The number of aromatic hydroxyl groups is 1. The largest absolute Gasteiger partial charge is 0.506 e. The van der Waals surface area contributed by atoms with Crippen molar-refractivity contribution in [1.29, 1.82) is 0 Å². The van der Waals surface area contributed by atoms with Crippen LogP contribution in [0.25, 0.3) is 0 Å². The van der Waals surface area contributed by atoms with E-state index in [9.17, 15) is 14.7 Å². The molecule has 33 heavy (non-hydrogen) atoms. The highest BCUT2D eigenvalue weighted by molar-refractivity contribution is 5.96. The highest BCUT2D eigenvalue weighted by atomic mass is 16.4. The van der Waals surface area contributed by atoms with Gasteiger partial charge in [0, 0.05) is 13.0 Å². The van der Waals surface area contributed by atoms with Crippen molar-refractivity contribution in [2.45, 2.75) is 45.1 Å². The quantitative estimate of drug-likeness (QED) is 0.340. The molecule has 3 aromatic rings. The third-order valence-corrected chi connectivity index (χ3v) is 5.71. The number of benzene rings is 3. The molecule has 1 atom stereocenters. The normalized spacial score (nSPS) is 11.7. The molecule has 3 aromatic carbocycles. The summed E-state index contributed by atoms with van der Waals surface area (Å²) in [6.07, 6.45) is 2.16. The molecule has 0 bridgehead atoms. The molecule has 3 rings (SSSR count). The van der Waals surface area contributed by atoms with E-state index in [1.54, 1.807) is 12.1 Å². The number of hydrogen-bond acceptors (Lipinski definition) is 4. The number of aryl methyl sites for hydroxylation is 1. The third-order valence-electron chi connectivity index (χ3n) is 5.71. The molecule has 0 fully saturated rings. The van der Waals surface area contributed by atoms with Crippen molar-refractivity contribution in [3.63, 3.8) is 0 Å². The van der Waals surface area contributed by atoms with E-state index in [4.69, 9.17) is 10.8 Å². The first-order valence-corrected chi connectivity index (χ1v) is 11.1. The molecule has 5 N–H and O–H groups in total. The number of anilines is 1. The van der Waals surface area contributed by atoms with E-state index >= 15 is 0 Å². The van der Waals surface area contributed by atoms with E-state index in [2.05, 4.69) is 5.32 Å². The molecular weight excluding hydrogens is 416 g/mol. The number of amides is 1. The third kappa shape index (κ3) is 6.92. The van der Waals surface area contributed by atoms with Crippen molar-refractivity contribution < 1.29 is 19.8 Å². The summed E-state index contributed by atoms with van der Waals surface area (Å²) in [4.78, 5) is 23.4. The van der Waals surface area contributed by atoms with E-state index in [0.29, 0.717) is 25.1 Å². The first kappa shape index (κ1) is 24.0. The van der Waals surface area contributed by atoms with Gasteiger partial charge in [0.2, 0.25) is 5.91 Å². The molecule has 0 saturated carbocycles. The second-order valence-electron chi connectivity index (χ2n) is 8.25. The topological polar surface area (TPSA) is 113 Å². The van der Waals surface area contributed by atoms with Crippen LogP contribution in [-0.4, -0.2) is 22.1 Å². The van der Waals surface area contributed by atoms with Crippen LogP contribution in [0.5, 0.6) is 5.75 Å². The van der Waals surface area contributed by atoms with E-state index in [0.717, 1.165) is 34.2 Å².